The highest BCUT2D eigenvalue weighted by molar-refractivity contribution is 8.03. The Kier molecular flexibility index (Phi) is 6.08. The zero-order chi connectivity index (χ0) is 18.7. The highest BCUT2D eigenvalue weighted by Gasteiger charge is 2.22. The number of fused-ring (bicyclic) bond motifs is 1. The van der Waals surface area contributed by atoms with Crippen LogP contribution in [0.4, 0.5) is 5.69 Å². The lowest BCUT2D eigenvalue weighted by molar-refractivity contribution is -0.714. The molecule has 1 aliphatic heterocycles. The monoisotopic (exact) mass is 367 g/mol. The Morgan fingerprint density at radius 1 is 1.12 bits per heavy atom. The molecule has 1 aliphatic rings. The van der Waals surface area contributed by atoms with Crippen molar-refractivity contribution in [3.05, 3.63) is 58.4 Å². The van der Waals surface area contributed by atoms with Crippen LogP contribution in [-0.4, -0.2) is 7.05 Å². The first-order valence-electron chi connectivity index (χ1n) is 9.76. The van der Waals surface area contributed by atoms with Crippen LogP contribution in [0.3, 0.4) is 0 Å². The summed E-state index contributed by atoms with van der Waals surface area (Å²) < 4.78 is 2.49. The first kappa shape index (κ1) is 19.0. The summed E-state index contributed by atoms with van der Waals surface area (Å²) >= 11 is 1.86. The van der Waals surface area contributed by atoms with Crippen LogP contribution in [0.1, 0.15) is 50.1 Å². The quantitative estimate of drug-likeness (QED) is 0.582. The first-order valence-corrected chi connectivity index (χ1v) is 10.6. The van der Waals surface area contributed by atoms with Crippen molar-refractivity contribution >= 4 is 23.5 Å². The summed E-state index contributed by atoms with van der Waals surface area (Å²) in [5.74, 6) is 0.776. The minimum Gasteiger partial charge on any atom is -0.338 e. The van der Waals surface area contributed by atoms with E-state index in [-0.39, 0.29) is 0 Å². The van der Waals surface area contributed by atoms with Gasteiger partial charge in [0.05, 0.1) is 10.7 Å². The summed E-state index contributed by atoms with van der Waals surface area (Å²) in [4.78, 5) is 3.63. The number of aryl methyl sites for hydroxylation is 2. The molecule has 0 N–H and O–H groups in total. The third-order valence-corrected chi connectivity index (χ3v) is 6.55. The molecule has 0 aliphatic carbocycles. The smallest absolute Gasteiger partial charge is 0.179 e. The topological polar surface area (TPSA) is 7.12 Å². The largest absolute Gasteiger partial charge is 0.338 e. The van der Waals surface area contributed by atoms with Gasteiger partial charge in [0.25, 0.3) is 0 Å². The maximum Gasteiger partial charge on any atom is 0.179 e. The molecule has 2 heterocycles. The van der Waals surface area contributed by atoms with Crippen molar-refractivity contribution in [2.75, 3.05) is 11.9 Å². The molecule has 1 atom stereocenters. The Morgan fingerprint density at radius 2 is 1.81 bits per heavy atom. The number of hydrogen-bond acceptors (Lipinski definition) is 2. The number of rotatable bonds is 6. The fraction of sp³-hybridized carbons (Fsp3) is 0.435. The van der Waals surface area contributed by atoms with Crippen LogP contribution in [0.15, 0.2) is 46.3 Å². The van der Waals surface area contributed by atoms with E-state index in [1.54, 1.807) is 0 Å². The molecule has 0 spiro atoms. The van der Waals surface area contributed by atoms with Gasteiger partial charge >= 0.3 is 0 Å². The third-order valence-electron chi connectivity index (χ3n) is 5.38. The van der Waals surface area contributed by atoms with Crippen molar-refractivity contribution in [3.8, 4) is 0 Å². The summed E-state index contributed by atoms with van der Waals surface area (Å²) in [6, 6.07) is 13.3. The van der Waals surface area contributed by atoms with Crippen molar-refractivity contribution in [3.63, 3.8) is 0 Å². The molecule has 1 aromatic carbocycles. The van der Waals surface area contributed by atoms with Crippen molar-refractivity contribution < 1.29 is 4.57 Å². The van der Waals surface area contributed by atoms with Gasteiger partial charge in [-0.05, 0) is 36.6 Å². The first-order chi connectivity index (χ1) is 12.5. The Balaban J connectivity index is 1.85. The van der Waals surface area contributed by atoms with Crippen LogP contribution in [-0.2, 0) is 6.54 Å². The average molecular weight is 368 g/mol. The zero-order valence-electron chi connectivity index (χ0n) is 16.7. The van der Waals surface area contributed by atoms with Gasteiger partial charge in [-0.2, -0.15) is 4.57 Å². The molecule has 26 heavy (non-hydrogen) atoms. The molecule has 0 fully saturated rings. The van der Waals surface area contributed by atoms with Gasteiger partial charge in [-0.25, -0.2) is 0 Å². The predicted molar refractivity (Wildman–Crippen MR) is 113 cm³/mol. The molecule has 0 radical (unpaired) electrons. The fourth-order valence-electron chi connectivity index (χ4n) is 3.81. The van der Waals surface area contributed by atoms with Crippen molar-refractivity contribution in [1.82, 2.24) is 0 Å². The minimum absolute atomic E-state index is 0.776. The van der Waals surface area contributed by atoms with E-state index in [0.717, 1.165) is 12.5 Å². The van der Waals surface area contributed by atoms with E-state index in [0.29, 0.717) is 0 Å². The molecule has 138 valence electrons. The van der Waals surface area contributed by atoms with Gasteiger partial charge in [-0.15, -0.1) is 0 Å². The van der Waals surface area contributed by atoms with Gasteiger partial charge < -0.3 is 4.90 Å². The molecule has 3 rings (SSSR count). The van der Waals surface area contributed by atoms with Crippen LogP contribution in [0, 0.1) is 19.8 Å². The summed E-state index contributed by atoms with van der Waals surface area (Å²) in [5, 5.41) is 1.29. The third kappa shape index (κ3) is 3.98. The maximum atomic E-state index is 2.49. The lowest BCUT2D eigenvalue weighted by atomic mass is 10.00. The van der Waals surface area contributed by atoms with Gasteiger partial charge in [-0.1, -0.05) is 44.2 Å². The van der Waals surface area contributed by atoms with E-state index in [9.17, 15) is 0 Å². The SMILES string of the molecule is CCC[C@H](CC)C[n+]1c(C)cc(C=C2Sc3ccccc3N2C)cc1C. The molecule has 3 heteroatoms. The Bertz CT molecular complexity index is 787. The van der Waals surface area contributed by atoms with Crippen LogP contribution in [0.25, 0.3) is 6.08 Å². The number of hydrogen-bond donors (Lipinski definition) is 0. The number of benzene rings is 1. The lowest BCUT2D eigenvalue weighted by Gasteiger charge is -2.15. The molecule has 1 aromatic heterocycles. The highest BCUT2D eigenvalue weighted by Crippen LogP contribution is 2.45. The summed E-state index contributed by atoms with van der Waals surface area (Å²) in [5.41, 5.74) is 5.31. The van der Waals surface area contributed by atoms with Crippen LogP contribution in [0.2, 0.25) is 0 Å². The molecule has 0 saturated heterocycles. The molecule has 0 unspecified atom stereocenters. The van der Waals surface area contributed by atoms with Crippen molar-refractivity contribution in [2.45, 2.75) is 58.4 Å². The standard InChI is InChI=1S/C23H31N2S/c1-6-10-19(7-2)16-25-17(3)13-20(14-18(25)4)15-23-24(5)21-11-8-9-12-22(21)26-23/h8-9,11-15,19H,6-7,10,16H2,1-5H3/q+1/t19-/m0/s1. The van der Waals surface area contributed by atoms with Crippen LogP contribution >= 0.6 is 11.8 Å². The van der Waals surface area contributed by atoms with Gasteiger partial charge in [0.15, 0.2) is 17.9 Å². The van der Waals surface area contributed by atoms with E-state index in [4.69, 9.17) is 0 Å². The Hall–Kier alpha value is -1.74. The summed E-state index contributed by atoms with van der Waals surface area (Å²) in [7, 11) is 2.16. The summed E-state index contributed by atoms with van der Waals surface area (Å²) in [6.45, 7) is 10.2. The molecule has 2 nitrogen and oxygen atoms in total. The molecule has 2 aromatic rings. The summed E-state index contributed by atoms with van der Waals surface area (Å²) in [6.07, 6.45) is 6.16. The van der Waals surface area contributed by atoms with E-state index in [1.165, 1.54) is 51.8 Å². The molecular weight excluding hydrogens is 336 g/mol. The van der Waals surface area contributed by atoms with E-state index < -0.39 is 0 Å². The van der Waals surface area contributed by atoms with Gasteiger partial charge in [0, 0.05) is 43.8 Å². The number of nitrogens with zero attached hydrogens (tertiary/aromatic N) is 2. The number of aromatic nitrogens is 1. The van der Waals surface area contributed by atoms with Gasteiger partial charge in [-0.3, -0.25) is 0 Å². The van der Waals surface area contributed by atoms with E-state index in [1.807, 2.05) is 11.8 Å². The second-order valence-electron chi connectivity index (χ2n) is 7.36. The minimum atomic E-state index is 0.776. The number of para-hydroxylation sites is 1. The van der Waals surface area contributed by atoms with Gasteiger partial charge in [0.1, 0.15) is 0 Å². The van der Waals surface area contributed by atoms with Gasteiger partial charge in [0.2, 0.25) is 0 Å². The predicted octanol–water partition coefficient (Wildman–Crippen LogP) is 5.96. The van der Waals surface area contributed by atoms with E-state index >= 15 is 0 Å². The molecular formula is C23H31N2S+. The Morgan fingerprint density at radius 3 is 2.42 bits per heavy atom. The second-order valence-corrected chi connectivity index (χ2v) is 8.42. The van der Waals surface area contributed by atoms with Crippen molar-refractivity contribution in [2.24, 2.45) is 5.92 Å². The lowest BCUT2D eigenvalue weighted by Crippen LogP contribution is -2.43. The Labute approximate surface area is 162 Å². The maximum absolute atomic E-state index is 2.49. The second kappa shape index (κ2) is 8.30. The molecule has 0 saturated carbocycles. The van der Waals surface area contributed by atoms with E-state index in [2.05, 4.69) is 86.7 Å². The fourth-order valence-corrected chi connectivity index (χ4v) is 4.92. The number of thioether (sulfide) groups is 1. The average Bonchev–Trinajstić information content (AvgIpc) is 2.93. The number of pyridine rings is 1. The highest BCUT2D eigenvalue weighted by atomic mass is 32.2. The normalized spacial score (nSPS) is 16.2. The van der Waals surface area contributed by atoms with Crippen molar-refractivity contribution in [1.29, 1.82) is 0 Å². The van der Waals surface area contributed by atoms with Crippen LogP contribution in [0.5, 0.6) is 0 Å². The molecule has 0 bridgehead atoms. The number of anilines is 1. The van der Waals surface area contributed by atoms with Crippen LogP contribution < -0.4 is 9.47 Å². The molecule has 0 amide bonds. The zero-order valence-corrected chi connectivity index (χ0v) is 17.6.